The summed E-state index contributed by atoms with van der Waals surface area (Å²) in [5.41, 5.74) is 3.83. The average Bonchev–Trinajstić information content (AvgIpc) is 2.77. The Kier molecular flexibility index (Phi) is 5.81. The summed E-state index contributed by atoms with van der Waals surface area (Å²) in [6.07, 6.45) is 3.16. The molecule has 0 saturated carbocycles. The number of hydrogen-bond donors (Lipinski definition) is 1. The van der Waals surface area contributed by atoms with E-state index in [9.17, 15) is 4.79 Å². The van der Waals surface area contributed by atoms with Crippen LogP contribution in [-0.4, -0.2) is 51.9 Å². The summed E-state index contributed by atoms with van der Waals surface area (Å²) in [7, 11) is 0. The number of benzene rings is 2. The van der Waals surface area contributed by atoms with Crippen molar-refractivity contribution in [1.29, 1.82) is 0 Å². The molecule has 2 aromatic carbocycles. The lowest BCUT2D eigenvalue weighted by Gasteiger charge is -2.34. The second kappa shape index (κ2) is 8.84. The summed E-state index contributed by atoms with van der Waals surface area (Å²) in [5, 5.41) is 3.20. The van der Waals surface area contributed by atoms with Crippen LogP contribution in [0.4, 0.5) is 11.5 Å². The predicted molar refractivity (Wildman–Crippen MR) is 114 cm³/mol. The maximum Gasteiger partial charge on any atom is 0.274 e. The molecule has 0 atom stereocenters. The zero-order valence-electron chi connectivity index (χ0n) is 16.6. The van der Waals surface area contributed by atoms with Gasteiger partial charge >= 0.3 is 0 Å². The minimum absolute atomic E-state index is 0.0567. The Bertz CT molecular complexity index is 933. The molecule has 4 rings (SSSR count). The molecule has 3 aromatic rings. The van der Waals surface area contributed by atoms with Crippen LogP contribution < -0.4 is 5.32 Å². The van der Waals surface area contributed by atoms with Crippen molar-refractivity contribution in [3.8, 4) is 0 Å². The van der Waals surface area contributed by atoms with Gasteiger partial charge in [-0.3, -0.25) is 9.69 Å². The molecule has 1 amide bonds. The number of nitrogens with one attached hydrogen (secondary N) is 1. The van der Waals surface area contributed by atoms with Crippen molar-refractivity contribution in [2.24, 2.45) is 0 Å². The van der Waals surface area contributed by atoms with Crippen molar-refractivity contribution < 1.29 is 4.79 Å². The molecular weight excluding hydrogens is 362 g/mol. The first-order chi connectivity index (χ1) is 14.2. The molecular formula is C23H25N5O. The first-order valence-corrected chi connectivity index (χ1v) is 9.89. The second-order valence-electron chi connectivity index (χ2n) is 7.33. The average molecular weight is 387 g/mol. The molecule has 1 aromatic heterocycles. The van der Waals surface area contributed by atoms with Gasteiger partial charge in [-0.15, -0.1) is 0 Å². The molecule has 0 spiro atoms. The molecule has 0 bridgehead atoms. The maximum atomic E-state index is 12.8. The SMILES string of the molecule is Cc1ccc(Nc2cnc(C(=O)N3CCN(Cc4ccccc4)CC3)cn2)cc1. The van der Waals surface area contributed by atoms with Crippen molar-refractivity contribution in [3.63, 3.8) is 0 Å². The summed E-state index contributed by atoms with van der Waals surface area (Å²) in [6.45, 7) is 6.10. The van der Waals surface area contributed by atoms with Crippen LogP contribution in [0.1, 0.15) is 21.6 Å². The lowest BCUT2D eigenvalue weighted by atomic mass is 10.2. The summed E-state index contributed by atoms with van der Waals surface area (Å²) >= 11 is 0. The highest BCUT2D eigenvalue weighted by atomic mass is 16.2. The van der Waals surface area contributed by atoms with Gasteiger partial charge in [0.25, 0.3) is 5.91 Å². The van der Waals surface area contributed by atoms with E-state index in [4.69, 9.17) is 0 Å². The predicted octanol–water partition coefficient (Wildman–Crippen LogP) is 3.49. The summed E-state index contributed by atoms with van der Waals surface area (Å²) < 4.78 is 0. The van der Waals surface area contributed by atoms with E-state index in [-0.39, 0.29) is 5.91 Å². The molecule has 29 heavy (non-hydrogen) atoms. The van der Waals surface area contributed by atoms with Crippen LogP contribution in [0.15, 0.2) is 67.0 Å². The van der Waals surface area contributed by atoms with Crippen molar-refractivity contribution in [2.75, 3.05) is 31.5 Å². The summed E-state index contributed by atoms with van der Waals surface area (Å²) in [6, 6.07) is 18.5. The number of rotatable bonds is 5. The monoisotopic (exact) mass is 387 g/mol. The first-order valence-electron chi connectivity index (χ1n) is 9.89. The fraction of sp³-hybridized carbons (Fsp3) is 0.261. The van der Waals surface area contributed by atoms with Crippen LogP contribution in [0.3, 0.4) is 0 Å². The third kappa shape index (κ3) is 4.97. The van der Waals surface area contributed by atoms with Gasteiger partial charge < -0.3 is 10.2 Å². The number of aryl methyl sites for hydroxylation is 1. The Morgan fingerprint density at radius 1 is 0.931 bits per heavy atom. The minimum Gasteiger partial charge on any atom is -0.339 e. The summed E-state index contributed by atoms with van der Waals surface area (Å²) in [4.78, 5) is 25.7. The molecule has 6 nitrogen and oxygen atoms in total. The zero-order chi connectivity index (χ0) is 20.1. The Morgan fingerprint density at radius 3 is 2.31 bits per heavy atom. The van der Waals surface area contributed by atoms with Gasteiger partial charge in [0.15, 0.2) is 0 Å². The quantitative estimate of drug-likeness (QED) is 0.726. The highest BCUT2D eigenvalue weighted by Gasteiger charge is 2.23. The van der Waals surface area contributed by atoms with E-state index in [0.29, 0.717) is 24.6 Å². The maximum absolute atomic E-state index is 12.8. The van der Waals surface area contributed by atoms with Crippen molar-refractivity contribution in [3.05, 3.63) is 83.8 Å². The second-order valence-corrected chi connectivity index (χ2v) is 7.33. The third-order valence-electron chi connectivity index (χ3n) is 5.10. The van der Waals surface area contributed by atoms with Crippen molar-refractivity contribution in [2.45, 2.75) is 13.5 Å². The Labute approximate surface area is 171 Å². The summed E-state index contributed by atoms with van der Waals surface area (Å²) in [5.74, 6) is 0.567. The zero-order valence-corrected chi connectivity index (χ0v) is 16.6. The number of nitrogens with zero attached hydrogens (tertiary/aromatic N) is 4. The lowest BCUT2D eigenvalue weighted by Crippen LogP contribution is -2.48. The van der Waals surface area contributed by atoms with Gasteiger partial charge in [-0.05, 0) is 24.6 Å². The number of aromatic nitrogens is 2. The van der Waals surface area contributed by atoms with Crippen LogP contribution in [0.5, 0.6) is 0 Å². The molecule has 2 heterocycles. The molecule has 0 unspecified atom stereocenters. The molecule has 0 radical (unpaired) electrons. The van der Waals surface area contributed by atoms with Gasteiger partial charge in [0.05, 0.1) is 12.4 Å². The van der Waals surface area contributed by atoms with Crippen molar-refractivity contribution in [1.82, 2.24) is 19.8 Å². The van der Waals surface area contributed by atoms with Gasteiger partial charge in [-0.25, -0.2) is 9.97 Å². The molecule has 6 heteroatoms. The van der Waals surface area contributed by atoms with Crippen LogP contribution in [-0.2, 0) is 6.54 Å². The van der Waals surface area contributed by atoms with E-state index in [0.717, 1.165) is 25.3 Å². The number of carbonyl (C=O) groups excluding carboxylic acids is 1. The Hall–Kier alpha value is -3.25. The number of carbonyl (C=O) groups is 1. The smallest absolute Gasteiger partial charge is 0.274 e. The van der Waals surface area contributed by atoms with Gasteiger partial charge in [-0.1, -0.05) is 48.0 Å². The van der Waals surface area contributed by atoms with Gasteiger partial charge in [0.1, 0.15) is 11.5 Å². The fourth-order valence-corrected chi connectivity index (χ4v) is 3.40. The number of anilines is 2. The highest BCUT2D eigenvalue weighted by molar-refractivity contribution is 5.92. The normalized spacial score (nSPS) is 14.6. The Balaban J connectivity index is 1.31. The topological polar surface area (TPSA) is 61.4 Å². The molecule has 148 valence electrons. The highest BCUT2D eigenvalue weighted by Crippen LogP contribution is 2.15. The number of amides is 1. The van der Waals surface area contributed by atoms with E-state index < -0.39 is 0 Å². The first kappa shape index (κ1) is 19.1. The largest absolute Gasteiger partial charge is 0.339 e. The van der Waals surface area contributed by atoms with E-state index in [1.54, 1.807) is 12.4 Å². The Morgan fingerprint density at radius 2 is 1.66 bits per heavy atom. The van der Waals surface area contributed by atoms with E-state index in [1.807, 2.05) is 42.2 Å². The van der Waals surface area contributed by atoms with Crippen LogP contribution >= 0.6 is 0 Å². The number of piperazine rings is 1. The molecule has 1 aliphatic rings. The van der Waals surface area contributed by atoms with E-state index in [2.05, 4.69) is 44.5 Å². The van der Waals surface area contributed by atoms with E-state index >= 15 is 0 Å². The number of hydrogen-bond acceptors (Lipinski definition) is 5. The molecule has 1 fully saturated rings. The van der Waals surface area contributed by atoms with Gasteiger partial charge in [-0.2, -0.15) is 0 Å². The molecule has 0 aliphatic carbocycles. The van der Waals surface area contributed by atoms with Crippen LogP contribution in [0.2, 0.25) is 0 Å². The van der Waals surface area contributed by atoms with Crippen LogP contribution in [0, 0.1) is 6.92 Å². The third-order valence-corrected chi connectivity index (χ3v) is 5.10. The van der Waals surface area contributed by atoms with Gasteiger partial charge in [0.2, 0.25) is 0 Å². The van der Waals surface area contributed by atoms with Crippen molar-refractivity contribution >= 4 is 17.4 Å². The molecule has 1 saturated heterocycles. The molecule has 1 aliphatic heterocycles. The standard InChI is InChI=1S/C23H25N5O/c1-18-7-9-20(10-8-18)26-22-16-24-21(15-25-22)23(29)28-13-11-27(12-14-28)17-19-5-3-2-4-6-19/h2-10,15-16H,11-14,17H2,1H3,(H,25,26). The fourth-order valence-electron chi connectivity index (χ4n) is 3.40. The lowest BCUT2D eigenvalue weighted by molar-refractivity contribution is 0.0622. The van der Waals surface area contributed by atoms with Gasteiger partial charge in [0, 0.05) is 38.4 Å². The minimum atomic E-state index is -0.0567. The molecule has 1 N–H and O–H groups in total. The van der Waals surface area contributed by atoms with E-state index in [1.165, 1.54) is 11.1 Å². The van der Waals surface area contributed by atoms with Crippen LogP contribution in [0.25, 0.3) is 0 Å².